The van der Waals surface area contributed by atoms with Gasteiger partial charge in [-0.05, 0) is 55.2 Å². The normalized spacial score (nSPS) is 10.6. The van der Waals surface area contributed by atoms with E-state index in [1.54, 1.807) is 12.5 Å². The van der Waals surface area contributed by atoms with Crippen LogP contribution in [0.4, 0.5) is 0 Å². The molecule has 5 heteroatoms. The fourth-order valence-corrected chi connectivity index (χ4v) is 2.85. The highest BCUT2D eigenvalue weighted by molar-refractivity contribution is 5.77. The van der Waals surface area contributed by atoms with Gasteiger partial charge in [-0.15, -0.1) is 0 Å². The summed E-state index contributed by atoms with van der Waals surface area (Å²) in [7, 11) is 0. The van der Waals surface area contributed by atoms with Crippen molar-refractivity contribution in [1.29, 1.82) is 0 Å². The molecule has 1 N–H and O–H groups in total. The van der Waals surface area contributed by atoms with Crippen molar-refractivity contribution in [2.24, 2.45) is 0 Å². The van der Waals surface area contributed by atoms with E-state index in [-0.39, 0.29) is 12.5 Å². The van der Waals surface area contributed by atoms with E-state index in [9.17, 15) is 4.79 Å². The number of amides is 1. The van der Waals surface area contributed by atoms with Crippen LogP contribution in [0.3, 0.4) is 0 Å². The molecule has 26 heavy (non-hydrogen) atoms. The molecule has 1 heterocycles. The molecule has 134 valence electrons. The zero-order chi connectivity index (χ0) is 18.5. The fraction of sp³-hybridized carbons (Fsp3) is 0.238. The van der Waals surface area contributed by atoms with Gasteiger partial charge in [-0.3, -0.25) is 4.79 Å². The van der Waals surface area contributed by atoms with Gasteiger partial charge < -0.3 is 14.6 Å². The molecule has 0 fully saturated rings. The standard InChI is InChI=1S/C21H23N3O2/c1-15-10-16(2)17(3)20(11-15)26-13-21(25)23-12-18-6-4-5-7-19(18)24-9-8-22-14-24/h4-11,14H,12-13H2,1-3H3,(H,23,25). The Morgan fingerprint density at radius 1 is 1.19 bits per heavy atom. The summed E-state index contributed by atoms with van der Waals surface area (Å²) in [5, 5.41) is 2.92. The first-order valence-electron chi connectivity index (χ1n) is 8.58. The van der Waals surface area contributed by atoms with E-state index < -0.39 is 0 Å². The van der Waals surface area contributed by atoms with Gasteiger partial charge in [0.1, 0.15) is 5.75 Å². The Labute approximate surface area is 153 Å². The number of ether oxygens (including phenoxy) is 1. The first-order chi connectivity index (χ1) is 12.5. The maximum Gasteiger partial charge on any atom is 0.258 e. The van der Waals surface area contributed by atoms with E-state index in [4.69, 9.17) is 4.74 Å². The summed E-state index contributed by atoms with van der Waals surface area (Å²) in [6, 6.07) is 12.0. The number of carbonyl (C=O) groups is 1. The van der Waals surface area contributed by atoms with E-state index in [2.05, 4.69) is 16.4 Å². The number of benzene rings is 2. The number of rotatable bonds is 6. The maximum atomic E-state index is 12.2. The molecule has 0 aliphatic carbocycles. The van der Waals surface area contributed by atoms with Crippen LogP contribution in [-0.4, -0.2) is 22.1 Å². The van der Waals surface area contributed by atoms with Gasteiger partial charge in [0, 0.05) is 18.9 Å². The first kappa shape index (κ1) is 17.7. The lowest BCUT2D eigenvalue weighted by atomic mass is 10.1. The summed E-state index contributed by atoms with van der Waals surface area (Å²) < 4.78 is 7.65. The molecule has 0 spiro atoms. The highest BCUT2D eigenvalue weighted by Gasteiger charge is 2.09. The van der Waals surface area contributed by atoms with Crippen LogP contribution in [0, 0.1) is 20.8 Å². The molecule has 1 aromatic heterocycles. The first-order valence-corrected chi connectivity index (χ1v) is 8.58. The maximum absolute atomic E-state index is 12.2. The molecule has 0 bridgehead atoms. The lowest BCUT2D eigenvalue weighted by molar-refractivity contribution is -0.123. The summed E-state index contributed by atoms with van der Waals surface area (Å²) >= 11 is 0. The second kappa shape index (κ2) is 7.87. The highest BCUT2D eigenvalue weighted by atomic mass is 16.5. The molecule has 1 amide bonds. The highest BCUT2D eigenvalue weighted by Crippen LogP contribution is 2.23. The number of carbonyl (C=O) groups excluding carboxylic acids is 1. The Kier molecular flexibility index (Phi) is 5.37. The third kappa shape index (κ3) is 4.11. The van der Waals surface area contributed by atoms with Crippen LogP contribution in [0.2, 0.25) is 0 Å². The molecule has 0 unspecified atom stereocenters. The molecule has 0 aliphatic rings. The van der Waals surface area contributed by atoms with Crippen molar-refractivity contribution in [2.75, 3.05) is 6.61 Å². The largest absolute Gasteiger partial charge is 0.483 e. The number of nitrogens with zero attached hydrogens (tertiary/aromatic N) is 2. The molecule has 0 saturated carbocycles. The molecule has 2 aromatic carbocycles. The second-order valence-corrected chi connectivity index (χ2v) is 6.37. The molecular weight excluding hydrogens is 326 g/mol. The van der Waals surface area contributed by atoms with E-state index in [0.29, 0.717) is 6.54 Å². The number of aryl methyl sites for hydroxylation is 2. The van der Waals surface area contributed by atoms with Crippen molar-refractivity contribution in [3.63, 3.8) is 0 Å². The summed E-state index contributed by atoms with van der Waals surface area (Å²) in [6.07, 6.45) is 5.36. The van der Waals surface area contributed by atoms with Crippen LogP contribution in [0.1, 0.15) is 22.3 Å². The molecule has 0 aliphatic heterocycles. The third-order valence-corrected chi connectivity index (χ3v) is 4.37. The number of para-hydroxylation sites is 1. The van der Waals surface area contributed by atoms with E-state index in [1.165, 1.54) is 0 Å². The van der Waals surface area contributed by atoms with Crippen LogP contribution in [0.25, 0.3) is 5.69 Å². The Hall–Kier alpha value is -3.08. The number of imidazole rings is 1. The van der Waals surface area contributed by atoms with Gasteiger partial charge in [0.2, 0.25) is 0 Å². The summed E-state index contributed by atoms with van der Waals surface area (Å²) in [6.45, 7) is 6.50. The van der Waals surface area contributed by atoms with Gasteiger partial charge in [0.05, 0.1) is 12.0 Å². The molecule has 3 aromatic rings. The lowest BCUT2D eigenvalue weighted by Gasteiger charge is -2.13. The van der Waals surface area contributed by atoms with Gasteiger partial charge in [0.25, 0.3) is 5.91 Å². The number of nitrogens with one attached hydrogen (secondary N) is 1. The molecular formula is C21H23N3O2. The monoisotopic (exact) mass is 349 g/mol. The smallest absolute Gasteiger partial charge is 0.258 e. The quantitative estimate of drug-likeness (QED) is 0.741. The van der Waals surface area contributed by atoms with Crippen LogP contribution < -0.4 is 10.1 Å². The Morgan fingerprint density at radius 2 is 2.00 bits per heavy atom. The van der Waals surface area contributed by atoms with Gasteiger partial charge in [-0.25, -0.2) is 4.98 Å². The molecule has 0 saturated heterocycles. The van der Waals surface area contributed by atoms with E-state index in [0.717, 1.165) is 33.7 Å². The van der Waals surface area contributed by atoms with Gasteiger partial charge in [0.15, 0.2) is 6.61 Å². The Bertz CT molecular complexity index is 902. The van der Waals surface area contributed by atoms with Crippen LogP contribution in [0.5, 0.6) is 5.75 Å². The molecule has 3 rings (SSSR count). The summed E-state index contributed by atoms with van der Waals surface area (Å²) in [4.78, 5) is 16.3. The summed E-state index contributed by atoms with van der Waals surface area (Å²) in [5.41, 5.74) is 5.36. The van der Waals surface area contributed by atoms with Crippen molar-refractivity contribution in [3.05, 3.63) is 77.4 Å². The predicted octanol–water partition coefficient (Wildman–Crippen LogP) is 3.49. The minimum absolute atomic E-state index is 0.00300. The van der Waals surface area contributed by atoms with E-state index >= 15 is 0 Å². The molecule has 0 radical (unpaired) electrons. The van der Waals surface area contributed by atoms with Gasteiger partial charge in [-0.1, -0.05) is 24.3 Å². The van der Waals surface area contributed by atoms with E-state index in [1.807, 2.05) is 61.9 Å². The predicted molar refractivity (Wildman–Crippen MR) is 102 cm³/mol. The molecule has 0 atom stereocenters. The van der Waals surface area contributed by atoms with Crippen molar-refractivity contribution in [3.8, 4) is 11.4 Å². The Morgan fingerprint density at radius 3 is 2.77 bits per heavy atom. The topological polar surface area (TPSA) is 56.1 Å². The number of hydrogen-bond acceptors (Lipinski definition) is 3. The zero-order valence-electron chi connectivity index (χ0n) is 15.3. The Balaban J connectivity index is 1.61. The van der Waals surface area contributed by atoms with Gasteiger partial charge in [-0.2, -0.15) is 0 Å². The number of hydrogen-bond donors (Lipinski definition) is 1. The van der Waals surface area contributed by atoms with Crippen LogP contribution in [-0.2, 0) is 11.3 Å². The van der Waals surface area contributed by atoms with Crippen LogP contribution >= 0.6 is 0 Å². The van der Waals surface area contributed by atoms with Crippen molar-refractivity contribution >= 4 is 5.91 Å². The van der Waals surface area contributed by atoms with Crippen molar-refractivity contribution in [2.45, 2.75) is 27.3 Å². The minimum atomic E-state index is -0.149. The SMILES string of the molecule is Cc1cc(C)c(C)c(OCC(=O)NCc2ccccc2-n2ccnc2)c1. The molecule has 5 nitrogen and oxygen atoms in total. The van der Waals surface area contributed by atoms with Crippen molar-refractivity contribution < 1.29 is 9.53 Å². The second-order valence-electron chi connectivity index (χ2n) is 6.37. The average molecular weight is 349 g/mol. The third-order valence-electron chi connectivity index (χ3n) is 4.37. The van der Waals surface area contributed by atoms with Gasteiger partial charge >= 0.3 is 0 Å². The summed E-state index contributed by atoms with van der Waals surface area (Å²) in [5.74, 6) is 0.612. The van der Waals surface area contributed by atoms with Crippen molar-refractivity contribution in [1.82, 2.24) is 14.9 Å². The lowest BCUT2D eigenvalue weighted by Crippen LogP contribution is -2.29. The fourth-order valence-electron chi connectivity index (χ4n) is 2.85. The zero-order valence-corrected chi connectivity index (χ0v) is 15.3. The number of aromatic nitrogens is 2. The van der Waals surface area contributed by atoms with Crippen LogP contribution in [0.15, 0.2) is 55.1 Å². The minimum Gasteiger partial charge on any atom is -0.483 e. The average Bonchev–Trinajstić information content (AvgIpc) is 3.16.